The van der Waals surface area contributed by atoms with E-state index >= 15 is 0 Å². The first-order chi connectivity index (χ1) is 9.22. The molecule has 0 aromatic heterocycles. The van der Waals surface area contributed by atoms with Crippen molar-refractivity contribution in [2.75, 3.05) is 7.11 Å². The molecule has 0 bridgehead atoms. The minimum absolute atomic E-state index is 0.154. The maximum absolute atomic E-state index is 13.7. The fraction of sp³-hybridized carbons (Fsp3) is 0.125. The van der Waals surface area contributed by atoms with E-state index in [0.29, 0.717) is 17.9 Å². The molecular weight excluding hydrogens is 243 g/mol. The standard InChI is InChI=1S/C16H13FO2/c1-3-5-12-8-9-15(17)16(10-12)19-14-7-4-6-13(11-14)18-2/h1,4,6-11H,5H2,2H3. The summed E-state index contributed by atoms with van der Waals surface area (Å²) >= 11 is 0. The zero-order chi connectivity index (χ0) is 13.7. The first-order valence-electron chi connectivity index (χ1n) is 5.76. The summed E-state index contributed by atoms with van der Waals surface area (Å²) < 4.78 is 24.3. The van der Waals surface area contributed by atoms with E-state index < -0.39 is 5.82 Å². The minimum Gasteiger partial charge on any atom is -0.497 e. The van der Waals surface area contributed by atoms with Gasteiger partial charge in [0.05, 0.1) is 7.11 Å². The second-order valence-electron chi connectivity index (χ2n) is 3.93. The Labute approximate surface area is 111 Å². The zero-order valence-electron chi connectivity index (χ0n) is 10.5. The molecular formula is C16H13FO2. The van der Waals surface area contributed by atoms with Gasteiger partial charge in [-0.05, 0) is 29.8 Å². The van der Waals surface area contributed by atoms with Crippen LogP contribution in [0.1, 0.15) is 5.56 Å². The molecule has 0 aliphatic carbocycles. The Balaban J connectivity index is 2.26. The van der Waals surface area contributed by atoms with E-state index in [2.05, 4.69) is 5.92 Å². The van der Waals surface area contributed by atoms with Crippen LogP contribution in [0.4, 0.5) is 4.39 Å². The Bertz CT molecular complexity index is 614. The molecule has 2 aromatic carbocycles. The largest absolute Gasteiger partial charge is 0.497 e. The lowest BCUT2D eigenvalue weighted by molar-refractivity contribution is 0.405. The molecule has 3 heteroatoms. The number of hydrogen-bond acceptors (Lipinski definition) is 2. The predicted octanol–water partition coefficient (Wildman–Crippen LogP) is 3.80. The number of rotatable bonds is 4. The summed E-state index contributed by atoms with van der Waals surface area (Å²) in [7, 11) is 1.56. The third-order valence-electron chi connectivity index (χ3n) is 2.57. The van der Waals surface area contributed by atoms with Crippen LogP contribution < -0.4 is 9.47 Å². The molecule has 0 atom stereocenters. The number of terminal acetylenes is 1. The van der Waals surface area contributed by atoms with Crippen molar-refractivity contribution in [1.29, 1.82) is 0 Å². The van der Waals surface area contributed by atoms with Crippen LogP contribution in [0.5, 0.6) is 17.2 Å². The van der Waals surface area contributed by atoms with Crippen molar-refractivity contribution in [3.8, 4) is 29.6 Å². The number of halogens is 1. The molecule has 2 nitrogen and oxygen atoms in total. The predicted molar refractivity (Wildman–Crippen MR) is 72.0 cm³/mol. The molecule has 0 aliphatic heterocycles. The summed E-state index contributed by atoms with van der Waals surface area (Å²) in [4.78, 5) is 0. The third kappa shape index (κ3) is 3.26. The van der Waals surface area contributed by atoms with Gasteiger partial charge in [-0.25, -0.2) is 4.39 Å². The Hall–Kier alpha value is -2.47. The van der Waals surface area contributed by atoms with Crippen LogP contribution in [0.15, 0.2) is 42.5 Å². The Morgan fingerprint density at radius 2 is 1.95 bits per heavy atom. The van der Waals surface area contributed by atoms with Gasteiger partial charge in [-0.1, -0.05) is 12.1 Å². The van der Waals surface area contributed by atoms with Crippen LogP contribution in [0.25, 0.3) is 0 Å². The van der Waals surface area contributed by atoms with Gasteiger partial charge in [-0.3, -0.25) is 0 Å². The van der Waals surface area contributed by atoms with Crippen molar-refractivity contribution in [3.05, 3.63) is 53.8 Å². The summed E-state index contributed by atoms with van der Waals surface area (Å²) in [5.74, 6) is 3.40. The quantitative estimate of drug-likeness (QED) is 0.774. The number of benzene rings is 2. The van der Waals surface area contributed by atoms with Crippen molar-refractivity contribution < 1.29 is 13.9 Å². The molecule has 0 heterocycles. The van der Waals surface area contributed by atoms with Crippen molar-refractivity contribution in [2.45, 2.75) is 6.42 Å². The average molecular weight is 256 g/mol. The Morgan fingerprint density at radius 1 is 1.16 bits per heavy atom. The monoisotopic (exact) mass is 256 g/mol. The van der Waals surface area contributed by atoms with Gasteiger partial charge in [0.25, 0.3) is 0 Å². The highest BCUT2D eigenvalue weighted by atomic mass is 19.1. The van der Waals surface area contributed by atoms with Gasteiger partial charge in [0.2, 0.25) is 0 Å². The molecule has 19 heavy (non-hydrogen) atoms. The van der Waals surface area contributed by atoms with Crippen LogP contribution in [0.2, 0.25) is 0 Å². The van der Waals surface area contributed by atoms with Crippen LogP contribution in [-0.2, 0) is 6.42 Å². The van der Waals surface area contributed by atoms with Gasteiger partial charge in [0, 0.05) is 12.5 Å². The zero-order valence-corrected chi connectivity index (χ0v) is 10.5. The van der Waals surface area contributed by atoms with Crippen molar-refractivity contribution >= 4 is 0 Å². The molecule has 0 spiro atoms. The van der Waals surface area contributed by atoms with Crippen LogP contribution >= 0.6 is 0 Å². The van der Waals surface area contributed by atoms with E-state index in [4.69, 9.17) is 15.9 Å². The SMILES string of the molecule is C#CCc1ccc(F)c(Oc2cccc(OC)c2)c1. The highest BCUT2D eigenvalue weighted by Gasteiger charge is 2.06. The van der Waals surface area contributed by atoms with Gasteiger partial charge < -0.3 is 9.47 Å². The normalized spacial score (nSPS) is 9.74. The molecule has 2 aromatic rings. The summed E-state index contributed by atoms with van der Waals surface area (Å²) in [6, 6.07) is 11.6. The highest BCUT2D eigenvalue weighted by molar-refractivity contribution is 5.39. The van der Waals surface area contributed by atoms with Gasteiger partial charge >= 0.3 is 0 Å². The highest BCUT2D eigenvalue weighted by Crippen LogP contribution is 2.28. The topological polar surface area (TPSA) is 18.5 Å². The molecule has 2 rings (SSSR count). The molecule has 0 radical (unpaired) electrons. The van der Waals surface area contributed by atoms with E-state index in [-0.39, 0.29) is 5.75 Å². The summed E-state index contributed by atoms with van der Waals surface area (Å²) in [6.45, 7) is 0. The second kappa shape index (κ2) is 5.92. The van der Waals surface area contributed by atoms with Gasteiger partial charge in [-0.15, -0.1) is 12.3 Å². The molecule has 0 saturated carbocycles. The molecule has 0 fully saturated rings. The summed E-state index contributed by atoms with van der Waals surface area (Å²) in [5.41, 5.74) is 0.835. The van der Waals surface area contributed by atoms with Crippen LogP contribution in [-0.4, -0.2) is 7.11 Å². The lowest BCUT2D eigenvalue weighted by Gasteiger charge is -2.09. The fourth-order valence-corrected chi connectivity index (χ4v) is 1.65. The van der Waals surface area contributed by atoms with Crippen LogP contribution in [0.3, 0.4) is 0 Å². The van der Waals surface area contributed by atoms with E-state index in [9.17, 15) is 4.39 Å². The fourth-order valence-electron chi connectivity index (χ4n) is 1.65. The maximum Gasteiger partial charge on any atom is 0.165 e. The van der Waals surface area contributed by atoms with Crippen molar-refractivity contribution in [1.82, 2.24) is 0 Å². The second-order valence-corrected chi connectivity index (χ2v) is 3.93. The van der Waals surface area contributed by atoms with E-state index in [0.717, 1.165) is 5.56 Å². The van der Waals surface area contributed by atoms with Crippen molar-refractivity contribution in [2.24, 2.45) is 0 Å². The molecule has 0 amide bonds. The summed E-state index contributed by atoms with van der Waals surface area (Å²) in [5, 5.41) is 0. The van der Waals surface area contributed by atoms with E-state index in [1.807, 2.05) is 0 Å². The number of methoxy groups -OCH3 is 1. The Morgan fingerprint density at radius 3 is 2.68 bits per heavy atom. The van der Waals surface area contributed by atoms with Crippen LogP contribution in [0, 0.1) is 18.2 Å². The van der Waals surface area contributed by atoms with Gasteiger partial charge in [-0.2, -0.15) is 0 Å². The van der Waals surface area contributed by atoms with E-state index in [1.54, 1.807) is 43.5 Å². The summed E-state index contributed by atoms with van der Waals surface area (Å²) in [6.07, 6.45) is 5.68. The molecule has 0 unspecified atom stereocenters. The smallest absolute Gasteiger partial charge is 0.165 e. The molecule has 96 valence electrons. The molecule has 0 aliphatic rings. The maximum atomic E-state index is 13.7. The first kappa shape index (κ1) is 13.0. The lowest BCUT2D eigenvalue weighted by Crippen LogP contribution is -1.91. The third-order valence-corrected chi connectivity index (χ3v) is 2.57. The lowest BCUT2D eigenvalue weighted by atomic mass is 10.1. The van der Waals surface area contributed by atoms with Gasteiger partial charge in [0.1, 0.15) is 11.5 Å². The Kier molecular flexibility index (Phi) is 4.04. The molecule has 0 N–H and O–H groups in total. The number of hydrogen-bond donors (Lipinski definition) is 0. The first-order valence-corrected chi connectivity index (χ1v) is 5.76. The van der Waals surface area contributed by atoms with Crippen molar-refractivity contribution in [3.63, 3.8) is 0 Å². The minimum atomic E-state index is -0.427. The average Bonchev–Trinajstić information content (AvgIpc) is 2.43. The molecule has 0 saturated heterocycles. The number of ether oxygens (including phenoxy) is 2. The van der Waals surface area contributed by atoms with E-state index in [1.165, 1.54) is 6.07 Å². The van der Waals surface area contributed by atoms with Gasteiger partial charge in [0.15, 0.2) is 11.6 Å².